The number of rotatable bonds is 6. The lowest BCUT2D eigenvalue weighted by Gasteiger charge is -2.31. The van der Waals surface area contributed by atoms with Crippen molar-refractivity contribution < 1.29 is 9.59 Å². The van der Waals surface area contributed by atoms with Crippen LogP contribution >= 0.6 is 12.4 Å². The Morgan fingerprint density at radius 3 is 2.16 bits per heavy atom. The van der Waals surface area contributed by atoms with Gasteiger partial charge in [0.25, 0.3) is 0 Å². The minimum atomic E-state index is 0. The van der Waals surface area contributed by atoms with Gasteiger partial charge in [0.2, 0.25) is 11.8 Å². The molecule has 0 aromatic rings. The van der Waals surface area contributed by atoms with Gasteiger partial charge in [-0.05, 0) is 44.4 Å². The fourth-order valence-electron chi connectivity index (χ4n) is 4.32. The SMILES string of the molecule is Cl.O=C(CC1CCCCC1)NC1CCC(C(=O)NCC2CNC2)CC1. The van der Waals surface area contributed by atoms with Crippen molar-refractivity contribution in [3.8, 4) is 0 Å². The molecule has 1 saturated heterocycles. The number of hydrogen-bond donors (Lipinski definition) is 3. The Balaban J connectivity index is 0.00000225. The van der Waals surface area contributed by atoms with Gasteiger partial charge in [-0.15, -0.1) is 12.4 Å². The predicted octanol–water partition coefficient (Wildman–Crippen LogP) is 2.39. The largest absolute Gasteiger partial charge is 0.355 e. The Bertz CT molecular complexity index is 428. The molecular formula is C19H34ClN3O2. The zero-order valence-corrected chi connectivity index (χ0v) is 16.0. The summed E-state index contributed by atoms with van der Waals surface area (Å²) < 4.78 is 0. The summed E-state index contributed by atoms with van der Waals surface area (Å²) in [7, 11) is 0. The summed E-state index contributed by atoms with van der Waals surface area (Å²) >= 11 is 0. The summed E-state index contributed by atoms with van der Waals surface area (Å²) in [6, 6.07) is 0.279. The Hall–Kier alpha value is -0.810. The molecule has 0 unspecified atom stereocenters. The number of nitrogens with one attached hydrogen (secondary N) is 3. The van der Waals surface area contributed by atoms with Crippen molar-refractivity contribution in [3.05, 3.63) is 0 Å². The van der Waals surface area contributed by atoms with Crippen LogP contribution in [0.15, 0.2) is 0 Å². The van der Waals surface area contributed by atoms with Crippen molar-refractivity contribution in [2.45, 2.75) is 70.3 Å². The highest BCUT2D eigenvalue weighted by Gasteiger charge is 2.28. The summed E-state index contributed by atoms with van der Waals surface area (Å²) in [4.78, 5) is 24.4. The molecule has 144 valence electrons. The van der Waals surface area contributed by atoms with E-state index in [9.17, 15) is 9.59 Å². The second-order valence-electron chi connectivity index (χ2n) is 8.09. The molecule has 25 heavy (non-hydrogen) atoms. The highest BCUT2D eigenvalue weighted by Crippen LogP contribution is 2.27. The van der Waals surface area contributed by atoms with Crippen molar-refractivity contribution in [1.82, 2.24) is 16.0 Å². The molecule has 3 rings (SSSR count). The van der Waals surface area contributed by atoms with Gasteiger partial charge >= 0.3 is 0 Å². The minimum Gasteiger partial charge on any atom is -0.355 e. The lowest BCUT2D eigenvalue weighted by Crippen LogP contribution is -2.49. The van der Waals surface area contributed by atoms with E-state index in [1.165, 1.54) is 32.1 Å². The standard InChI is InChI=1S/C19H33N3O2.ClH/c23-18(10-14-4-2-1-3-5-14)22-17-8-6-16(7-9-17)19(24)21-13-15-11-20-12-15;/h14-17,20H,1-13H2,(H,21,24)(H,22,23);1H. The van der Waals surface area contributed by atoms with E-state index in [-0.39, 0.29) is 36.2 Å². The third-order valence-electron chi connectivity index (χ3n) is 6.09. The first-order valence-corrected chi connectivity index (χ1v) is 9.98. The maximum atomic E-state index is 12.2. The molecular weight excluding hydrogens is 338 g/mol. The second-order valence-corrected chi connectivity index (χ2v) is 8.09. The third-order valence-corrected chi connectivity index (χ3v) is 6.09. The van der Waals surface area contributed by atoms with Crippen molar-refractivity contribution in [2.24, 2.45) is 17.8 Å². The van der Waals surface area contributed by atoms with Crippen LogP contribution in [0.4, 0.5) is 0 Å². The molecule has 0 spiro atoms. The van der Waals surface area contributed by atoms with Crippen LogP contribution < -0.4 is 16.0 Å². The van der Waals surface area contributed by atoms with Crippen molar-refractivity contribution in [2.75, 3.05) is 19.6 Å². The average molecular weight is 372 g/mol. The predicted molar refractivity (Wildman–Crippen MR) is 102 cm³/mol. The average Bonchev–Trinajstić information content (AvgIpc) is 2.55. The van der Waals surface area contributed by atoms with Crippen LogP contribution in [-0.2, 0) is 9.59 Å². The van der Waals surface area contributed by atoms with Crippen LogP contribution in [0.3, 0.4) is 0 Å². The van der Waals surface area contributed by atoms with E-state index in [1.54, 1.807) is 0 Å². The number of hydrogen-bond acceptors (Lipinski definition) is 3. The van der Waals surface area contributed by atoms with E-state index in [2.05, 4.69) is 16.0 Å². The summed E-state index contributed by atoms with van der Waals surface area (Å²) in [6.45, 7) is 2.87. The monoisotopic (exact) mass is 371 g/mol. The van der Waals surface area contributed by atoms with E-state index in [1.807, 2.05) is 0 Å². The number of carbonyl (C=O) groups excluding carboxylic acids is 2. The molecule has 3 N–H and O–H groups in total. The molecule has 1 aliphatic heterocycles. The van der Waals surface area contributed by atoms with Gasteiger partial charge in [0, 0.05) is 43.9 Å². The number of amides is 2. The first-order valence-electron chi connectivity index (χ1n) is 9.98. The van der Waals surface area contributed by atoms with Crippen LogP contribution in [0.25, 0.3) is 0 Å². The van der Waals surface area contributed by atoms with Gasteiger partial charge in [-0.2, -0.15) is 0 Å². The Labute approximate surface area is 157 Å². The van der Waals surface area contributed by atoms with Crippen LogP contribution in [-0.4, -0.2) is 37.5 Å². The Kier molecular flexibility index (Phi) is 8.50. The van der Waals surface area contributed by atoms with Crippen LogP contribution in [0.5, 0.6) is 0 Å². The molecule has 0 radical (unpaired) electrons. The molecule has 0 aromatic heterocycles. The number of carbonyl (C=O) groups is 2. The summed E-state index contributed by atoms with van der Waals surface area (Å²) in [5.74, 6) is 1.80. The van der Waals surface area contributed by atoms with E-state index in [0.29, 0.717) is 18.3 Å². The summed E-state index contributed by atoms with van der Waals surface area (Å²) in [5.41, 5.74) is 0. The summed E-state index contributed by atoms with van der Waals surface area (Å²) in [6.07, 6.45) is 10.8. The molecule has 3 fully saturated rings. The van der Waals surface area contributed by atoms with Gasteiger partial charge in [0.1, 0.15) is 0 Å². The zero-order chi connectivity index (χ0) is 16.8. The van der Waals surface area contributed by atoms with E-state index in [4.69, 9.17) is 0 Å². The fraction of sp³-hybridized carbons (Fsp3) is 0.895. The van der Waals surface area contributed by atoms with Crippen LogP contribution in [0.2, 0.25) is 0 Å². The third kappa shape index (κ3) is 6.45. The van der Waals surface area contributed by atoms with Crippen molar-refractivity contribution in [1.29, 1.82) is 0 Å². The van der Waals surface area contributed by atoms with Gasteiger partial charge in [0.05, 0.1) is 0 Å². The molecule has 2 aliphatic carbocycles. The summed E-state index contributed by atoms with van der Waals surface area (Å²) in [5, 5.41) is 9.54. The highest BCUT2D eigenvalue weighted by molar-refractivity contribution is 5.85. The van der Waals surface area contributed by atoms with Crippen LogP contribution in [0, 0.1) is 17.8 Å². The quantitative estimate of drug-likeness (QED) is 0.671. The van der Waals surface area contributed by atoms with E-state index in [0.717, 1.165) is 45.3 Å². The molecule has 5 nitrogen and oxygen atoms in total. The topological polar surface area (TPSA) is 70.2 Å². The number of halogens is 1. The van der Waals surface area contributed by atoms with Gasteiger partial charge in [0.15, 0.2) is 0 Å². The molecule has 2 saturated carbocycles. The van der Waals surface area contributed by atoms with Gasteiger partial charge in [-0.3, -0.25) is 9.59 Å². The smallest absolute Gasteiger partial charge is 0.223 e. The second kappa shape index (κ2) is 10.4. The molecule has 2 amide bonds. The van der Waals surface area contributed by atoms with Gasteiger partial charge in [-0.1, -0.05) is 19.3 Å². The van der Waals surface area contributed by atoms with Gasteiger partial charge in [-0.25, -0.2) is 0 Å². The van der Waals surface area contributed by atoms with Crippen LogP contribution in [0.1, 0.15) is 64.2 Å². The Morgan fingerprint density at radius 2 is 1.56 bits per heavy atom. The zero-order valence-electron chi connectivity index (χ0n) is 15.2. The lowest BCUT2D eigenvalue weighted by atomic mass is 9.84. The maximum absolute atomic E-state index is 12.2. The molecule has 0 aromatic carbocycles. The van der Waals surface area contributed by atoms with Crippen molar-refractivity contribution in [3.63, 3.8) is 0 Å². The Morgan fingerprint density at radius 1 is 0.880 bits per heavy atom. The fourth-order valence-corrected chi connectivity index (χ4v) is 4.32. The normalized spacial score (nSPS) is 27.7. The molecule has 1 heterocycles. The van der Waals surface area contributed by atoms with E-state index >= 15 is 0 Å². The van der Waals surface area contributed by atoms with Gasteiger partial charge < -0.3 is 16.0 Å². The molecule has 3 aliphatic rings. The first-order chi connectivity index (χ1) is 11.7. The molecule has 6 heteroatoms. The molecule has 0 bridgehead atoms. The maximum Gasteiger partial charge on any atom is 0.223 e. The highest BCUT2D eigenvalue weighted by atomic mass is 35.5. The van der Waals surface area contributed by atoms with E-state index < -0.39 is 0 Å². The van der Waals surface area contributed by atoms with Crippen molar-refractivity contribution >= 4 is 24.2 Å². The molecule has 0 atom stereocenters. The minimum absolute atomic E-state index is 0. The first kappa shape index (κ1) is 20.5. The lowest BCUT2D eigenvalue weighted by molar-refractivity contribution is -0.126.